The van der Waals surface area contributed by atoms with Gasteiger partial charge in [-0.2, -0.15) is 0 Å². The number of carbonyl (C=O) groups excluding carboxylic acids is 1. The summed E-state index contributed by atoms with van der Waals surface area (Å²) >= 11 is 0. The van der Waals surface area contributed by atoms with Crippen LogP contribution in [0.1, 0.15) is 15.9 Å². The van der Waals surface area contributed by atoms with E-state index in [0.29, 0.717) is 41.1 Å². The Balaban J connectivity index is 1.63. The second-order valence-electron chi connectivity index (χ2n) is 7.65. The molecule has 9 heteroatoms. The Morgan fingerprint density at radius 1 is 0.778 bits per heavy atom. The molecule has 3 rings (SSSR count). The number of hydrogen-bond acceptors (Lipinski definition) is 8. The molecule has 0 aromatic heterocycles. The molecule has 0 aliphatic heterocycles. The van der Waals surface area contributed by atoms with E-state index in [9.17, 15) is 9.90 Å². The number of carbonyl (C=O) groups is 1. The molecule has 3 aromatic rings. The number of ether oxygens (including phenoxy) is 6. The number of aliphatic hydroxyl groups excluding tert-OH is 1. The number of nitrogens with one attached hydrogen (secondary N) is 1. The van der Waals surface area contributed by atoms with Crippen molar-refractivity contribution >= 4 is 5.91 Å². The lowest BCUT2D eigenvalue weighted by molar-refractivity contribution is 0.0833. The molecule has 36 heavy (non-hydrogen) atoms. The van der Waals surface area contributed by atoms with Crippen molar-refractivity contribution in [3.63, 3.8) is 0 Å². The van der Waals surface area contributed by atoms with E-state index in [1.54, 1.807) is 30.3 Å². The summed E-state index contributed by atoms with van der Waals surface area (Å²) in [7, 11) is 6.00. The highest BCUT2D eigenvalue weighted by molar-refractivity contribution is 5.95. The van der Waals surface area contributed by atoms with Crippen LogP contribution in [0.3, 0.4) is 0 Å². The predicted octanol–water partition coefficient (Wildman–Crippen LogP) is 3.47. The zero-order valence-electron chi connectivity index (χ0n) is 20.8. The number of para-hydroxylation sites is 1. The van der Waals surface area contributed by atoms with Crippen molar-refractivity contribution in [1.82, 2.24) is 5.32 Å². The molecule has 2 N–H and O–H groups in total. The maximum Gasteiger partial charge on any atom is 0.251 e. The van der Waals surface area contributed by atoms with Crippen molar-refractivity contribution in [3.05, 3.63) is 71.8 Å². The number of hydrogen-bond donors (Lipinski definition) is 2. The summed E-state index contributed by atoms with van der Waals surface area (Å²) in [5.41, 5.74) is 1.26. The minimum atomic E-state index is -0.985. The molecule has 0 fully saturated rings. The van der Waals surface area contributed by atoms with Crippen LogP contribution in [0.15, 0.2) is 60.7 Å². The van der Waals surface area contributed by atoms with Crippen molar-refractivity contribution < 1.29 is 38.3 Å². The minimum Gasteiger partial charge on any atom is -0.493 e. The largest absolute Gasteiger partial charge is 0.493 e. The molecule has 0 spiro atoms. The molecule has 192 valence electrons. The van der Waals surface area contributed by atoms with Crippen molar-refractivity contribution in [2.24, 2.45) is 0 Å². The fourth-order valence-corrected chi connectivity index (χ4v) is 3.39. The summed E-state index contributed by atoms with van der Waals surface area (Å²) in [5.74, 6) is 1.98. The number of rotatable bonds is 13. The van der Waals surface area contributed by atoms with Gasteiger partial charge in [0.2, 0.25) is 11.5 Å². The van der Waals surface area contributed by atoms with Crippen LogP contribution in [0.2, 0.25) is 0 Å². The summed E-state index contributed by atoms with van der Waals surface area (Å²) < 4.78 is 33.1. The first-order chi connectivity index (χ1) is 17.5. The Labute approximate surface area is 210 Å². The zero-order chi connectivity index (χ0) is 25.9. The smallest absolute Gasteiger partial charge is 0.251 e. The van der Waals surface area contributed by atoms with Crippen LogP contribution >= 0.6 is 0 Å². The number of amides is 1. The summed E-state index contributed by atoms with van der Waals surface area (Å²) in [6, 6.07) is 18.0. The lowest BCUT2D eigenvalue weighted by Gasteiger charge is -2.18. The van der Waals surface area contributed by atoms with Crippen molar-refractivity contribution in [2.45, 2.75) is 12.7 Å². The van der Waals surface area contributed by atoms with Gasteiger partial charge in [0.1, 0.15) is 19.3 Å². The quantitative estimate of drug-likeness (QED) is 0.370. The molecule has 0 radical (unpaired) electrons. The molecule has 0 saturated heterocycles. The zero-order valence-corrected chi connectivity index (χ0v) is 20.8. The Morgan fingerprint density at radius 3 is 1.89 bits per heavy atom. The first-order valence-corrected chi connectivity index (χ1v) is 11.2. The van der Waals surface area contributed by atoms with Gasteiger partial charge < -0.3 is 38.8 Å². The van der Waals surface area contributed by atoms with E-state index in [1.165, 1.54) is 28.4 Å². The molecular weight excluding hydrogens is 466 g/mol. The highest BCUT2D eigenvalue weighted by atomic mass is 16.5. The van der Waals surface area contributed by atoms with Gasteiger partial charge in [-0.1, -0.05) is 36.4 Å². The third-order valence-electron chi connectivity index (χ3n) is 5.25. The summed E-state index contributed by atoms with van der Waals surface area (Å²) in [5, 5.41) is 13.1. The Hall–Kier alpha value is -4.11. The van der Waals surface area contributed by atoms with Crippen molar-refractivity contribution in [2.75, 3.05) is 41.6 Å². The molecule has 0 saturated carbocycles. The summed E-state index contributed by atoms with van der Waals surface area (Å²) in [6.07, 6.45) is -0.985. The summed E-state index contributed by atoms with van der Waals surface area (Å²) in [4.78, 5) is 12.8. The lowest BCUT2D eigenvalue weighted by Crippen LogP contribution is -2.35. The van der Waals surface area contributed by atoms with Gasteiger partial charge in [-0.25, -0.2) is 0 Å². The van der Waals surface area contributed by atoms with E-state index < -0.39 is 12.0 Å². The Morgan fingerprint density at radius 2 is 1.33 bits per heavy atom. The van der Waals surface area contributed by atoms with Gasteiger partial charge >= 0.3 is 0 Å². The minimum absolute atomic E-state index is 0.0484. The van der Waals surface area contributed by atoms with Crippen LogP contribution in [0.4, 0.5) is 0 Å². The average Bonchev–Trinajstić information content (AvgIpc) is 2.93. The summed E-state index contributed by atoms with van der Waals surface area (Å²) in [6.45, 7) is 0.172. The lowest BCUT2D eigenvalue weighted by atomic mass is 10.1. The highest BCUT2D eigenvalue weighted by Gasteiger charge is 2.19. The van der Waals surface area contributed by atoms with Gasteiger partial charge in [-0.3, -0.25) is 4.79 Å². The Bertz CT molecular complexity index is 1090. The molecule has 1 unspecified atom stereocenters. The van der Waals surface area contributed by atoms with Crippen LogP contribution in [0.5, 0.6) is 34.5 Å². The van der Waals surface area contributed by atoms with Crippen LogP contribution in [0.25, 0.3) is 0 Å². The van der Waals surface area contributed by atoms with Gasteiger partial charge in [0.15, 0.2) is 23.0 Å². The normalized spacial score (nSPS) is 11.2. The first-order valence-electron chi connectivity index (χ1n) is 11.2. The first kappa shape index (κ1) is 26.5. The molecule has 0 aliphatic rings. The fourth-order valence-electron chi connectivity index (χ4n) is 3.39. The SMILES string of the molecule is COc1cc(C(=O)NCC(O)COc2c(OC)cccc2OC)cc(OC)c1OCc1ccccc1. The van der Waals surface area contributed by atoms with E-state index in [-0.39, 0.29) is 18.7 Å². The number of benzene rings is 3. The fraction of sp³-hybridized carbons (Fsp3) is 0.296. The molecule has 1 atom stereocenters. The predicted molar refractivity (Wildman–Crippen MR) is 134 cm³/mol. The number of methoxy groups -OCH3 is 4. The van der Waals surface area contributed by atoms with Crippen LogP contribution in [-0.2, 0) is 6.61 Å². The molecule has 0 aliphatic carbocycles. The molecule has 0 bridgehead atoms. The van der Waals surface area contributed by atoms with Crippen LogP contribution < -0.4 is 33.7 Å². The van der Waals surface area contributed by atoms with Gasteiger partial charge in [0.25, 0.3) is 5.91 Å². The van der Waals surface area contributed by atoms with Crippen molar-refractivity contribution in [1.29, 1.82) is 0 Å². The van der Waals surface area contributed by atoms with Crippen LogP contribution in [0, 0.1) is 0 Å². The Kier molecular flexibility index (Phi) is 9.64. The van der Waals surface area contributed by atoms with Gasteiger partial charge in [0.05, 0.1) is 28.4 Å². The third-order valence-corrected chi connectivity index (χ3v) is 5.25. The standard InChI is InChI=1S/C27H31NO8/c1-31-21-11-8-12-22(32-2)25(21)36-17-20(29)15-28-27(30)19-13-23(33-3)26(24(14-19)34-4)35-16-18-9-6-5-7-10-18/h5-14,20,29H,15-17H2,1-4H3,(H,28,30). The van der Waals surface area contributed by atoms with E-state index in [2.05, 4.69) is 5.32 Å². The van der Waals surface area contributed by atoms with Gasteiger partial charge in [0, 0.05) is 12.1 Å². The maximum absolute atomic E-state index is 12.8. The molecule has 0 heterocycles. The van der Waals surface area contributed by atoms with E-state index in [4.69, 9.17) is 28.4 Å². The third kappa shape index (κ3) is 6.73. The van der Waals surface area contributed by atoms with E-state index >= 15 is 0 Å². The second-order valence-corrected chi connectivity index (χ2v) is 7.65. The monoisotopic (exact) mass is 497 g/mol. The van der Waals surface area contributed by atoms with E-state index in [1.807, 2.05) is 30.3 Å². The van der Waals surface area contributed by atoms with E-state index in [0.717, 1.165) is 5.56 Å². The maximum atomic E-state index is 12.8. The topological polar surface area (TPSA) is 105 Å². The molecule has 1 amide bonds. The van der Waals surface area contributed by atoms with Crippen molar-refractivity contribution in [3.8, 4) is 34.5 Å². The molecular formula is C27H31NO8. The van der Waals surface area contributed by atoms with Crippen LogP contribution in [-0.4, -0.2) is 58.7 Å². The molecule has 9 nitrogen and oxygen atoms in total. The number of aliphatic hydroxyl groups is 1. The van der Waals surface area contributed by atoms with Gasteiger partial charge in [-0.05, 0) is 29.8 Å². The highest BCUT2D eigenvalue weighted by Crippen LogP contribution is 2.39. The van der Waals surface area contributed by atoms with Gasteiger partial charge in [-0.15, -0.1) is 0 Å². The molecule has 3 aromatic carbocycles. The second kappa shape index (κ2) is 13.1. The average molecular weight is 498 g/mol.